The van der Waals surface area contributed by atoms with Crippen molar-refractivity contribution >= 4 is 13.6 Å². The van der Waals surface area contributed by atoms with Gasteiger partial charge in [-0.05, 0) is 0 Å². The summed E-state index contributed by atoms with van der Waals surface area (Å²) in [5.41, 5.74) is 0. The molecule has 0 saturated carbocycles. The van der Waals surface area contributed by atoms with Gasteiger partial charge in [-0.3, -0.25) is 9.36 Å². The van der Waals surface area contributed by atoms with Crippen molar-refractivity contribution in [2.24, 2.45) is 0 Å². The molecule has 30 heavy (non-hydrogen) atoms. The Kier molecular flexibility index (Phi) is 7.97. The highest BCUT2D eigenvalue weighted by molar-refractivity contribution is 7.51. The highest BCUT2D eigenvalue weighted by Gasteiger charge is 2.90. The standard InChI is InChI=1S/C11H10F13O5P/c12-6(13,2-3-29-5(25)1-4-30(26,27)28)7(14,15)8(16,17)9(18,19)10(20,21)11(22,23)24/h1-4H2,(H2,26,27,28). The van der Waals surface area contributed by atoms with Gasteiger partial charge in [0.2, 0.25) is 0 Å². The molecule has 0 heterocycles. The fraction of sp³-hybridized carbons (Fsp3) is 0.909. The molecule has 0 aliphatic rings. The van der Waals surface area contributed by atoms with Crippen LogP contribution in [-0.4, -0.2) is 64.3 Å². The Labute approximate surface area is 157 Å². The van der Waals surface area contributed by atoms with Gasteiger partial charge in [0.25, 0.3) is 0 Å². The molecule has 0 amide bonds. The van der Waals surface area contributed by atoms with Gasteiger partial charge >= 0.3 is 49.4 Å². The minimum Gasteiger partial charge on any atom is -0.465 e. The van der Waals surface area contributed by atoms with Crippen LogP contribution in [0.25, 0.3) is 0 Å². The molecule has 0 aliphatic carbocycles. The predicted molar refractivity (Wildman–Crippen MR) is 67.9 cm³/mol. The van der Waals surface area contributed by atoms with Crippen molar-refractivity contribution in [1.82, 2.24) is 0 Å². The third-order valence-electron chi connectivity index (χ3n) is 3.28. The van der Waals surface area contributed by atoms with Crippen molar-refractivity contribution in [1.29, 1.82) is 0 Å². The molecule has 0 atom stereocenters. The van der Waals surface area contributed by atoms with Gasteiger partial charge in [0, 0.05) is 0 Å². The van der Waals surface area contributed by atoms with Gasteiger partial charge in [0.05, 0.1) is 25.6 Å². The fourth-order valence-electron chi connectivity index (χ4n) is 1.56. The van der Waals surface area contributed by atoms with E-state index < -0.39 is 75.0 Å². The highest BCUT2D eigenvalue weighted by atomic mass is 31.2. The molecular weight excluding hydrogens is 490 g/mol. The summed E-state index contributed by atoms with van der Waals surface area (Å²) in [5.74, 6) is -39.4. The van der Waals surface area contributed by atoms with Crippen molar-refractivity contribution in [3.8, 4) is 0 Å². The Bertz CT molecular complexity index is 669. The zero-order valence-corrected chi connectivity index (χ0v) is 14.7. The van der Waals surface area contributed by atoms with Gasteiger partial charge in [-0.25, -0.2) is 0 Å². The first kappa shape index (κ1) is 28.7. The molecule has 0 unspecified atom stereocenters. The Hall–Kier alpha value is -1.29. The van der Waals surface area contributed by atoms with E-state index in [4.69, 9.17) is 9.79 Å². The minimum absolute atomic E-state index is 1.18. The third kappa shape index (κ3) is 5.49. The highest BCUT2D eigenvalue weighted by Crippen LogP contribution is 2.60. The van der Waals surface area contributed by atoms with Crippen molar-refractivity contribution in [3.05, 3.63) is 0 Å². The summed E-state index contributed by atoms with van der Waals surface area (Å²) in [7, 11) is -4.80. The second-order valence-corrected chi connectivity index (χ2v) is 7.39. The zero-order valence-electron chi connectivity index (χ0n) is 13.8. The van der Waals surface area contributed by atoms with E-state index in [1.165, 1.54) is 0 Å². The Morgan fingerprint density at radius 1 is 0.733 bits per heavy atom. The van der Waals surface area contributed by atoms with Crippen molar-refractivity contribution in [3.63, 3.8) is 0 Å². The van der Waals surface area contributed by atoms with Crippen molar-refractivity contribution in [2.75, 3.05) is 12.8 Å². The van der Waals surface area contributed by atoms with E-state index in [2.05, 4.69) is 4.74 Å². The summed E-state index contributed by atoms with van der Waals surface area (Å²) in [6.07, 6.45) is -12.7. The maximum Gasteiger partial charge on any atom is 0.460 e. The second kappa shape index (κ2) is 8.33. The molecular formula is C11H10F13O5P. The normalized spacial score (nSPS) is 15.3. The number of halogens is 13. The summed E-state index contributed by atoms with van der Waals surface area (Å²) in [4.78, 5) is 27.7. The van der Waals surface area contributed by atoms with Gasteiger partial charge < -0.3 is 14.5 Å². The molecule has 0 aliphatic heterocycles. The quantitative estimate of drug-likeness (QED) is 0.267. The van der Waals surface area contributed by atoms with Gasteiger partial charge in [-0.15, -0.1) is 0 Å². The lowest BCUT2D eigenvalue weighted by Gasteiger charge is -2.39. The van der Waals surface area contributed by atoms with E-state index in [0.29, 0.717) is 0 Å². The summed E-state index contributed by atoms with van der Waals surface area (Å²) < 4.78 is 181. The van der Waals surface area contributed by atoms with Crippen LogP contribution in [0, 0.1) is 0 Å². The molecule has 2 N–H and O–H groups in total. The fourth-order valence-corrected chi connectivity index (χ4v) is 2.04. The van der Waals surface area contributed by atoms with Crippen molar-refractivity contribution in [2.45, 2.75) is 48.6 Å². The monoisotopic (exact) mass is 500 g/mol. The van der Waals surface area contributed by atoms with Crippen LogP contribution in [-0.2, 0) is 14.1 Å². The van der Waals surface area contributed by atoms with Crippen LogP contribution >= 0.6 is 7.60 Å². The molecule has 0 radical (unpaired) electrons. The van der Waals surface area contributed by atoms with E-state index in [9.17, 15) is 66.4 Å². The largest absolute Gasteiger partial charge is 0.465 e. The molecule has 180 valence electrons. The number of rotatable bonds is 10. The minimum atomic E-state index is -8.02. The zero-order chi connectivity index (χ0) is 24.6. The topological polar surface area (TPSA) is 83.8 Å². The predicted octanol–water partition coefficient (Wildman–Crippen LogP) is 4.23. The van der Waals surface area contributed by atoms with Crippen LogP contribution in [0.5, 0.6) is 0 Å². The number of carbonyl (C=O) groups excluding carboxylic acids is 1. The van der Waals surface area contributed by atoms with Crippen molar-refractivity contribution < 1.29 is 81.0 Å². The van der Waals surface area contributed by atoms with Crippen LogP contribution in [0.15, 0.2) is 0 Å². The van der Waals surface area contributed by atoms with Gasteiger partial charge in [0.15, 0.2) is 0 Å². The summed E-state index contributed by atoms with van der Waals surface area (Å²) in [6, 6.07) is 0. The van der Waals surface area contributed by atoms with Gasteiger partial charge in [-0.1, -0.05) is 0 Å². The Morgan fingerprint density at radius 2 is 1.13 bits per heavy atom. The number of hydrogen-bond donors (Lipinski definition) is 2. The van der Waals surface area contributed by atoms with E-state index in [1.807, 2.05) is 0 Å². The Morgan fingerprint density at radius 3 is 1.50 bits per heavy atom. The van der Waals surface area contributed by atoms with E-state index >= 15 is 0 Å². The molecule has 5 nitrogen and oxygen atoms in total. The summed E-state index contributed by atoms with van der Waals surface area (Å²) in [5, 5.41) is 0. The SMILES string of the molecule is O=C(CCP(=O)(O)O)OCCC(F)(F)C(F)(F)C(F)(F)C(F)(F)C(F)(F)C(F)(F)F. The number of ether oxygens (including phenoxy) is 1. The summed E-state index contributed by atoms with van der Waals surface area (Å²) in [6.45, 7) is -1.97. The first-order chi connectivity index (χ1) is 12.9. The lowest BCUT2D eigenvalue weighted by atomic mass is 9.93. The number of esters is 1. The maximum atomic E-state index is 13.3. The molecule has 0 fully saturated rings. The second-order valence-electron chi connectivity index (χ2n) is 5.61. The van der Waals surface area contributed by atoms with Crippen LogP contribution in [0.3, 0.4) is 0 Å². The van der Waals surface area contributed by atoms with E-state index in [1.54, 1.807) is 0 Å². The smallest absolute Gasteiger partial charge is 0.460 e. The molecule has 0 aromatic heterocycles. The lowest BCUT2D eigenvalue weighted by molar-refractivity contribution is -0.440. The average molecular weight is 500 g/mol. The number of carbonyl (C=O) groups is 1. The first-order valence-electron chi connectivity index (χ1n) is 7.01. The molecule has 19 heteroatoms. The molecule has 0 bridgehead atoms. The first-order valence-corrected chi connectivity index (χ1v) is 8.81. The molecule has 0 aromatic carbocycles. The molecule has 0 spiro atoms. The third-order valence-corrected chi connectivity index (χ3v) is 4.09. The molecule has 0 saturated heterocycles. The van der Waals surface area contributed by atoms with E-state index in [0.717, 1.165) is 0 Å². The molecule has 0 aromatic rings. The van der Waals surface area contributed by atoms with Crippen LogP contribution in [0.2, 0.25) is 0 Å². The number of hydrogen-bond acceptors (Lipinski definition) is 3. The molecule has 0 rings (SSSR count). The van der Waals surface area contributed by atoms with E-state index in [-0.39, 0.29) is 0 Å². The van der Waals surface area contributed by atoms with Gasteiger partial charge in [-0.2, -0.15) is 57.1 Å². The average Bonchev–Trinajstić information content (AvgIpc) is 2.50. The van der Waals surface area contributed by atoms with Crippen LogP contribution < -0.4 is 0 Å². The summed E-state index contributed by atoms with van der Waals surface area (Å²) >= 11 is 0. The number of alkyl halides is 13. The van der Waals surface area contributed by atoms with Crippen LogP contribution in [0.4, 0.5) is 57.1 Å². The Balaban J connectivity index is 5.51. The van der Waals surface area contributed by atoms with Crippen LogP contribution in [0.1, 0.15) is 12.8 Å². The maximum absolute atomic E-state index is 13.3. The van der Waals surface area contributed by atoms with Gasteiger partial charge in [0.1, 0.15) is 0 Å². The lowest BCUT2D eigenvalue weighted by Crippen LogP contribution is -2.70.